The molecule has 0 atom stereocenters. The maximum Gasteiger partial charge on any atom is 0.0163 e. The molecule has 0 fully saturated rings. The van der Waals surface area contributed by atoms with Gasteiger partial charge in [0.15, 0.2) is 0 Å². The van der Waals surface area contributed by atoms with Gasteiger partial charge in [-0.05, 0) is 44.8 Å². The number of hydrogen-bond donors (Lipinski definition) is 1. The predicted octanol–water partition coefficient (Wildman–Crippen LogP) is 3.05. The van der Waals surface area contributed by atoms with Gasteiger partial charge >= 0.3 is 0 Å². The fourth-order valence-electron chi connectivity index (χ4n) is 2.22. The molecular weight excluding hydrogens is 208 g/mol. The van der Waals surface area contributed by atoms with Crippen molar-refractivity contribution in [2.75, 3.05) is 32.7 Å². The molecule has 1 rings (SSSR count). The van der Waals surface area contributed by atoms with Crippen molar-refractivity contribution in [2.24, 2.45) is 5.92 Å². The van der Waals surface area contributed by atoms with E-state index in [1.165, 1.54) is 64.8 Å². The van der Waals surface area contributed by atoms with Crippen LogP contribution in [0.2, 0.25) is 0 Å². The third-order valence-electron chi connectivity index (χ3n) is 3.27. The molecule has 2 heteroatoms. The standard InChI is InChI=1S/C15H30N2/c1-15(2)14-16-10-6-3-4-7-11-17-12-8-5-9-13-17/h5,8,15-16H,3-4,6-7,9-14H2,1-2H3. The molecule has 0 spiro atoms. The van der Waals surface area contributed by atoms with Gasteiger partial charge in [0.1, 0.15) is 0 Å². The molecule has 1 heterocycles. The zero-order valence-electron chi connectivity index (χ0n) is 11.8. The lowest BCUT2D eigenvalue weighted by Crippen LogP contribution is -2.28. The van der Waals surface area contributed by atoms with Crippen LogP contribution in [0, 0.1) is 5.92 Å². The van der Waals surface area contributed by atoms with Crippen LogP contribution in [0.5, 0.6) is 0 Å². The first kappa shape index (κ1) is 14.7. The minimum atomic E-state index is 0.780. The van der Waals surface area contributed by atoms with Crippen molar-refractivity contribution >= 4 is 0 Å². The average Bonchev–Trinajstić information content (AvgIpc) is 2.33. The van der Waals surface area contributed by atoms with Crippen LogP contribution < -0.4 is 5.32 Å². The molecule has 2 nitrogen and oxygen atoms in total. The summed E-state index contributed by atoms with van der Waals surface area (Å²) in [4.78, 5) is 2.57. The quantitative estimate of drug-likeness (QED) is 0.490. The number of nitrogens with zero attached hydrogens (tertiary/aromatic N) is 1. The summed E-state index contributed by atoms with van der Waals surface area (Å²) in [5.74, 6) is 0.780. The van der Waals surface area contributed by atoms with Crippen LogP contribution in [-0.4, -0.2) is 37.6 Å². The van der Waals surface area contributed by atoms with E-state index in [1.807, 2.05) is 0 Å². The van der Waals surface area contributed by atoms with Gasteiger partial charge in [-0.25, -0.2) is 0 Å². The summed E-state index contributed by atoms with van der Waals surface area (Å²) in [6.45, 7) is 10.6. The molecule has 0 aromatic carbocycles. The van der Waals surface area contributed by atoms with E-state index in [0.29, 0.717) is 0 Å². The SMILES string of the molecule is CC(C)CNCCCCCCN1CC=CCC1. The molecule has 0 aliphatic carbocycles. The molecule has 0 aromatic heterocycles. The first-order valence-corrected chi connectivity index (χ1v) is 7.37. The predicted molar refractivity (Wildman–Crippen MR) is 76.4 cm³/mol. The zero-order chi connectivity index (χ0) is 12.3. The largest absolute Gasteiger partial charge is 0.316 e. The third-order valence-corrected chi connectivity index (χ3v) is 3.27. The summed E-state index contributed by atoms with van der Waals surface area (Å²) < 4.78 is 0. The number of rotatable bonds is 9. The molecule has 0 unspecified atom stereocenters. The summed E-state index contributed by atoms with van der Waals surface area (Å²) in [5, 5.41) is 3.51. The maximum atomic E-state index is 3.51. The van der Waals surface area contributed by atoms with Crippen LogP contribution in [0.15, 0.2) is 12.2 Å². The Kier molecular flexibility index (Phi) is 8.37. The highest BCUT2D eigenvalue weighted by molar-refractivity contribution is 4.90. The van der Waals surface area contributed by atoms with Gasteiger partial charge in [0, 0.05) is 13.1 Å². The van der Waals surface area contributed by atoms with Crippen molar-refractivity contribution in [1.29, 1.82) is 0 Å². The first-order chi connectivity index (χ1) is 8.29. The van der Waals surface area contributed by atoms with E-state index in [1.54, 1.807) is 0 Å². The second-order valence-corrected chi connectivity index (χ2v) is 5.57. The van der Waals surface area contributed by atoms with Crippen molar-refractivity contribution < 1.29 is 0 Å². The van der Waals surface area contributed by atoms with Gasteiger partial charge in [0.05, 0.1) is 0 Å². The Labute approximate surface area is 107 Å². The molecule has 17 heavy (non-hydrogen) atoms. The molecule has 0 bridgehead atoms. The Morgan fingerprint density at radius 2 is 1.94 bits per heavy atom. The highest BCUT2D eigenvalue weighted by Gasteiger charge is 2.04. The van der Waals surface area contributed by atoms with Crippen molar-refractivity contribution in [2.45, 2.75) is 46.0 Å². The van der Waals surface area contributed by atoms with E-state index in [2.05, 4.69) is 36.2 Å². The fraction of sp³-hybridized carbons (Fsp3) is 0.867. The molecule has 0 saturated carbocycles. The second kappa shape index (κ2) is 9.67. The van der Waals surface area contributed by atoms with Gasteiger partial charge in [-0.15, -0.1) is 0 Å². The molecule has 0 radical (unpaired) electrons. The van der Waals surface area contributed by atoms with Crippen molar-refractivity contribution in [3.63, 3.8) is 0 Å². The normalized spacial score (nSPS) is 16.9. The summed E-state index contributed by atoms with van der Waals surface area (Å²) in [6, 6.07) is 0. The van der Waals surface area contributed by atoms with Gasteiger partial charge in [-0.2, -0.15) is 0 Å². The maximum absolute atomic E-state index is 3.51. The van der Waals surface area contributed by atoms with Gasteiger partial charge in [0.2, 0.25) is 0 Å². The lowest BCUT2D eigenvalue weighted by atomic mass is 10.1. The molecular formula is C15H30N2. The van der Waals surface area contributed by atoms with Crippen molar-refractivity contribution in [1.82, 2.24) is 10.2 Å². The molecule has 0 aromatic rings. The molecule has 1 aliphatic rings. The van der Waals surface area contributed by atoms with Crippen LogP contribution in [0.3, 0.4) is 0 Å². The minimum Gasteiger partial charge on any atom is -0.316 e. The van der Waals surface area contributed by atoms with E-state index in [4.69, 9.17) is 0 Å². The number of nitrogens with one attached hydrogen (secondary N) is 1. The van der Waals surface area contributed by atoms with Crippen LogP contribution in [-0.2, 0) is 0 Å². The minimum absolute atomic E-state index is 0.780. The molecule has 1 N–H and O–H groups in total. The van der Waals surface area contributed by atoms with E-state index in [0.717, 1.165) is 5.92 Å². The summed E-state index contributed by atoms with van der Waals surface area (Å²) in [7, 11) is 0. The lowest BCUT2D eigenvalue weighted by Gasteiger charge is -2.22. The van der Waals surface area contributed by atoms with Gasteiger partial charge in [-0.1, -0.05) is 38.8 Å². The highest BCUT2D eigenvalue weighted by atomic mass is 15.1. The molecule has 100 valence electrons. The Morgan fingerprint density at radius 1 is 1.12 bits per heavy atom. The second-order valence-electron chi connectivity index (χ2n) is 5.57. The third kappa shape index (κ3) is 8.39. The van der Waals surface area contributed by atoms with E-state index >= 15 is 0 Å². The van der Waals surface area contributed by atoms with E-state index in [9.17, 15) is 0 Å². The fourth-order valence-corrected chi connectivity index (χ4v) is 2.22. The number of hydrogen-bond acceptors (Lipinski definition) is 2. The Bertz CT molecular complexity index is 199. The van der Waals surface area contributed by atoms with Crippen molar-refractivity contribution in [3.05, 3.63) is 12.2 Å². The topological polar surface area (TPSA) is 15.3 Å². The van der Waals surface area contributed by atoms with Crippen LogP contribution >= 0.6 is 0 Å². The molecule has 1 aliphatic heterocycles. The number of unbranched alkanes of at least 4 members (excludes halogenated alkanes) is 3. The summed E-state index contributed by atoms with van der Waals surface area (Å²) in [5.41, 5.74) is 0. The lowest BCUT2D eigenvalue weighted by molar-refractivity contribution is 0.290. The molecule has 0 saturated heterocycles. The van der Waals surface area contributed by atoms with Gasteiger partial charge in [-0.3, -0.25) is 4.90 Å². The average molecular weight is 238 g/mol. The Balaban J connectivity index is 1.79. The Morgan fingerprint density at radius 3 is 2.65 bits per heavy atom. The highest BCUT2D eigenvalue weighted by Crippen LogP contribution is 2.05. The van der Waals surface area contributed by atoms with Crippen LogP contribution in [0.4, 0.5) is 0 Å². The first-order valence-electron chi connectivity index (χ1n) is 7.37. The van der Waals surface area contributed by atoms with Crippen molar-refractivity contribution in [3.8, 4) is 0 Å². The smallest absolute Gasteiger partial charge is 0.0163 e. The van der Waals surface area contributed by atoms with Gasteiger partial charge < -0.3 is 5.32 Å². The van der Waals surface area contributed by atoms with E-state index < -0.39 is 0 Å². The van der Waals surface area contributed by atoms with E-state index in [-0.39, 0.29) is 0 Å². The Hall–Kier alpha value is -0.340. The van der Waals surface area contributed by atoms with Crippen LogP contribution in [0.1, 0.15) is 46.0 Å². The molecule has 0 amide bonds. The summed E-state index contributed by atoms with van der Waals surface area (Å²) in [6.07, 6.45) is 11.3. The van der Waals surface area contributed by atoms with Gasteiger partial charge in [0.25, 0.3) is 0 Å². The monoisotopic (exact) mass is 238 g/mol. The summed E-state index contributed by atoms with van der Waals surface area (Å²) >= 11 is 0. The van der Waals surface area contributed by atoms with Crippen LogP contribution in [0.25, 0.3) is 0 Å². The zero-order valence-corrected chi connectivity index (χ0v) is 11.8.